The summed E-state index contributed by atoms with van der Waals surface area (Å²) in [7, 11) is 0. The lowest BCUT2D eigenvalue weighted by Gasteiger charge is -2.23. The van der Waals surface area contributed by atoms with E-state index in [1.807, 2.05) is 42.5 Å². The third-order valence-corrected chi connectivity index (χ3v) is 4.76. The van der Waals surface area contributed by atoms with Gasteiger partial charge >= 0.3 is 5.97 Å². The fraction of sp³-hybridized carbons (Fsp3) is 0.364. The second-order valence-electron chi connectivity index (χ2n) is 6.90. The average Bonchev–Trinajstić information content (AvgIpc) is 2.74. The zero-order valence-corrected chi connectivity index (χ0v) is 16.0. The summed E-state index contributed by atoms with van der Waals surface area (Å²) in [5.41, 5.74) is 2.78. The molecule has 0 bridgehead atoms. The normalized spacial score (nSPS) is 14.4. The van der Waals surface area contributed by atoms with Gasteiger partial charge in [0.1, 0.15) is 19.6 Å². The second kappa shape index (κ2) is 10.6. The molecule has 2 aromatic rings. The zero-order valence-electron chi connectivity index (χ0n) is 16.0. The van der Waals surface area contributed by atoms with Crippen LogP contribution in [0.1, 0.15) is 21.5 Å². The Morgan fingerprint density at radius 2 is 1.68 bits per heavy atom. The smallest absolute Gasteiger partial charge is 0.338 e. The SMILES string of the molecule is O=C(COC(=O)c1ccc(C[NH+]2CCOCC2)cc1)NCCc1ccccc1. The number of carbonyl (C=O) groups excluding carboxylic acids is 2. The van der Waals surface area contributed by atoms with Crippen molar-refractivity contribution in [1.82, 2.24) is 5.32 Å². The highest BCUT2D eigenvalue weighted by atomic mass is 16.5. The summed E-state index contributed by atoms with van der Waals surface area (Å²) in [4.78, 5) is 25.4. The molecule has 0 aliphatic carbocycles. The van der Waals surface area contributed by atoms with Crippen molar-refractivity contribution in [2.24, 2.45) is 0 Å². The Hall–Kier alpha value is -2.70. The van der Waals surface area contributed by atoms with Crippen LogP contribution in [0.5, 0.6) is 0 Å². The summed E-state index contributed by atoms with van der Waals surface area (Å²) in [5.74, 6) is -0.778. The number of carbonyl (C=O) groups is 2. The van der Waals surface area contributed by atoms with E-state index >= 15 is 0 Å². The number of hydrogen-bond acceptors (Lipinski definition) is 4. The maximum absolute atomic E-state index is 12.1. The fourth-order valence-electron chi connectivity index (χ4n) is 3.14. The second-order valence-corrected chi connectivity index (χ2v) is 6.90. The topological polar surface area (TPSA) is 69.1 Å². The molecule has 1 fully saturated rings. The molecule has 2 aromatic carbocycles. The number of quaternary nitrogens is 1. The Bertz CT molecular complexity index is 756. The van der Waals surface area contributed by atoms with E-state index < -0.39 is 5.97 Å². The Kier molecular flexibility index (Phi) is 7.58. The van der Waals surface area contributed by atoms with Crippen LogP contribution in [0.15, 0.2) is 54.6 Å². The lowest BCUT2D eigenvalue weighted by atomic mass is 10.1. The minimum absolute atomic E-state index is 0.271. The van der Waals surface area contributed by atoms with Crippen molar-refractivity contribution in [3.63, 3.8) is 0 Å². The van der Waals surface area contributed by atoms with Crippen LogP contribution in [0, 0.1) is 0 Å². The summed E-state index contributed by atoms with van der Waals surface area (Å²) in [6, 6.07) is 17.3. The van der Waals surface area contributed by atoms with Gasteiger partial charge in [-0.3, -0.25) is 4.79 Å². The molecule has 3 rings (SSSR count). The van der Waals surface area contributed by atoms with Crippen molar-refractivity contribution in [3.05, 3.63) is 71.3 Å². The van der Waals surface area contributed by atoms with E-state index in [0.717, 1.165) is 44.8 Å². The quantitative estimate of drug-likeness (QED) is 0.656. The molecule has 0 aromatic heterocycles. The number of nitrogens with one attached hydrogen (secondary N) is 2. The molecule has 6 heteroatoms. The molecule has 0 unspecified atom stereocenters. The maximum atomic E-state index is 12.1. The Morgan fingerprint density at radius 3 is 2.39 bits per heavy atom. The Labute approximate surface area is 165 Å². The third-order valence-electron chi connectivity index (χ3n) is 4.76. The first kappa shape index (κ1) is 20.0. The number of morpholine rings is 1. The van der Waals surface area contributed by atoms with Crippen LogP contribution in [0.2, 0.25) is 0 Å². The van der Waals surface area contributed by atoms with Crippen LogP contribution in [0.25, 0.3) is 0 Å². The van der Waals surface area contributed by atoms with Gasteiger partial charge in [0.05, 0.1) is 18.8 Å². The largest absolute Gasteiger partial charge is 0.452 e. The first-order valence-corrected chi connectivity index (χ1v) is 9.69. The van der Waals surface area contributed by atoms with Crippen LogP contribution in [-0.2, 0) is 27.2 Å². The molecule has 148 valence electrons. The van der Waals surface area contributed by atoms with Gasteiger partial charge in [0.15, 0.2) is 6.61 Å². The molecule has 1 saturated heterocycles. The molecule has 0 radical (unpaired) electrons. The number of benzene rings is 2. The number of amides is 1. The van der Waals surface area contributed by atoms with E-state index in [1.165, 1.54) is 10.5 Å². The van der Waals surface area contributed by atoms with Gasteiger partial charge < -0.3 is 19.7 Å². The van der Waals surface area contributed by atoms with Crippen molar-refractivity contribution in [2.45, 2.75) is 13.0 Å². The van der Waals surface area contributed by atoms with Gasteiger partial charge in [0.25, 0.3) is 5.91 Å². The molecule has 1 amide bonds. The Morgan fingerprint density at radius 1 is 0.964 bits per heavy atom. The molecular weight excluding hydrogens is 356 g/mol. The summed E-state index contributed by atoms with van der Waals surface area (Å²) in [5, 5.41) is 2.76. The zero-order chi connectivity index (χ0) is 19.6. The van der Waals surface area contributed by atoms with E-state index in [4.69, 9.17) is 9.47 Å². The van der Waals surface area contributed by atoms with E-state index in [0.29, 0.717) is 12.1 Å². The highest BCUT2D eigenvalue weighted by molar-refractivity contribution is 5.91. The van der Waals surface area contributed by atoms with Crippen molar-refractivity contribution in [1.29, 1.82) is 0 Å². The number of ether oxygens (including phenoxy) is 2. The first-order valence-electron chi connectivity index (χ1n) is 9.69. The van der Waals surface area contributed by atoms with Crippen LogP contribution in [0.3, 0.4) is 0 Å². The molecule has 0 saturated carbocycles. The van der Waals surface area contributed by atoms with Crippen LogP contribution < -0.4 is 10.2 Å². The molecule has 2 N–H and O–H groups in total. The standard InChI is InChI=1S/C22H26N2O4/c25-21(23-11-10-18-4-2-1-3-5-18)17-28-22(26)20-8-6-19(7-9-20)16-24-12-14-27-15-13-24/h1-9H,10-17H2,(H,23,25)/p+1. The summed E-state index contributed by atoms with van der Waals surface area (Å²) >= 11 is 0. The van der Waals surface area contributed by atoms with Crippen molar-refractivity contribution < 1.29 is 24.0 Å². The minimum Gasteiger partial charge on any atom is -0.452 e. The summed E-state index contributed by atoms with van der Waals surface area (Å²) < 4.78 is 10.5. The number of esters is 1. The molecule has 28 heavy (non-hydrogen) atoms. The lowest BCUT2D eigenvalue weighted by Crippen LogP contribution is -3.12. The minimum atomic E-state index is -0.483. The number of rotatable bonds is 8. The van der Waals surface area contributed by atoms with E-state index in [2.05, 4.69) is 5.32 Å². The van der Waals surface area contributed by atoms with Gasteiger partial charge in [0.2, 0.25) is 0 Å². The molecule has 6 nitrogen and oxygen atoms in total. The predicted molar refractivity (Wildman–Crippen MR) is 105 cm³/mol. The molecule has 0 spiro atoms. The van der Waals surface area contributed by atoms with Crippen molar-refractivity contribution >= 4 is 11.9 Å². The van der Waals surface area contributed by atoms with Crippen LogP contribution in [-0.4, -0.2) is 51.3 Å². The Balaban J connectivity index is 1.37. The molecule has 0 atom stereocenters. The summed E-state index contributed by atoms with van der Waals surface area (Å²) in [6.45, 7) is 4.77. The van der Waals surface area contributed by atoms with Gasteiger partial charge in [-0.15, -0.1) is 0 Å². The van der Waals surface area contributed by atoms with Crippen LogP contribution >= 0.6 is 0 Å². The van der Waals surface area contributed by atoms with Gasteiger partial charge in [-0.05, 0) is 24.1 Å². The molecule has 1 heterocycles. The van der Waals surface area contributed by atoms with Crippen molar-refractivity contribution in [3.8, 4) is 0 Å². The molecule has 1 aliphatic rings. The van der Waals surface area contributed by atoms with Gasteiger partial charge in [-0.2, -0.15) is 0 Å². The first-order chi connectivity index (χ1) is 13.7. The van der Waals surface area contributed by atoms with E-state index in [-0.39, 0.29) is 12.5 Å². The molecular formula is C22H27N2O4+. The van der Waals surface area contributed by atoms with Gasteiger partial charge in [-0.25, -0.2) is 4.79 Å². The summed E-state index contributed by atoms with van der Waals surface area (Å²) in [6.07, 6.45) is 0.743. The van der Waals surface area contributed by atoms with E-state index in [9.17, 15) is 9.59 Å². The molecule has 1 aliphatic heterocycles. The highest BCUT2D eigenvalue weighted by Gasteiger charge is 2.15. The average molecular weight is 383 g/mol. The van der Waals surface area contributed by atoms with Crippen LogP contribution in [0.4, 0.5) is 0 Å². The number of hydrogen-bond donors (Lipinski definition) is 2. The van der Waals surface area contributed by atoms with Crippen molar-refractivity contribution in [2.75, 3.05) is 39.5 Å². The predicted octanol–water partition coefficient (Wildman–Crippen LogP) is 0.617. The maximum Gasteiger partial charge on any atom is 0.338 e. The lowest BCUT2D eigenvalue weighted by molar-refractivity contribution is -0.921. The van der Waals surface area contributed by atoms with Gasteiger partial charge in [0, 0.05) is 12.1 Å². The van der Waals surface area contributed by atoms with E-state index in [1.54, 1.807) is 12.1 Å². The third kappa shape index (κ3) is 6.48. The fourth-order valence-corrected chi connectivity index (χ4v) is 3.14. The van der Waals surface area contributed by atoms with Gasteiger partial charge in [-0.1, -0.05) is 42.5 Å². The highest BCUT2D eigenvalue weighted by Crippen LogP contribution is 2.05. The monoisotopic (exact) mass is 383 g/mol.